The first-order chi connectivity index (χ1) is 7.84. The average molecular weight is 242 g/mol. The summed E-state index contributed by atoms with van der Waals surface area (Å²) in [6.07, 6.45) is 1.14. The van der Waals surface area contributed by atoms with E-state index in [2.05, 4.69) is 0 Å². The summed E-state index contributed by atoms with van der Waals surface area (Å²) in [5.41, 5.74) is 4.99. The molecule has 1 aliphatic heterocycles. The van der Waals surface area contributed by atoms with Crippen LogP contribution in [0.1, 0.15) is 26.2 Å². The number of carboxylic acids is 1. The molecule has 3 unspecified atom stereocenters. The van der Waals surface area contributed by atoms with E-state index >= 15 is 0 Å². The second-order valence-corrected chi connectivity index (χ2v) is 5.26. The van der Waals surface area contributed by atoms with Gasteiger partial charge in [-0.3, -0.25) is 4.79 Å². The predicted molar refractivity (Wildman–Crippen MR) is 59.1 cm³/mol. The molecule has 6 heteroatoms. The molecule has 2 rings (SSSR count). The number of likely N-dealkylation sites (tertiary alicyclic amines) is 1. The van der Waals surface area contributed by atoms with Crippen LogP contribution in [0.3, 0.4) is 0 Å². The number of rotatable bonds is 3. The molecule has 0 aromatic rings. The summed E-state index contributed by atoms with van der Waals surface area (Å²) in [6, 6.07) is -0.945. The van der Waals surface area contributed by atoms with Gasteiger partial charge in [0.1, 0.15) is 6.04 Å². The fraction of sp³-hybridized carbons (Fsp3) is 0.818. The van der Waals surface area contributed by atoms with Crippen LogP contribution in [-0.2, 0) is 9.59 Å². The minimum absolute atomic E-state index is 0.0648. The highest BCUT2D eigenvalue weighted by atomic mass is 16.4. The van der Waals surface area contributed by atoms with Gasteiger partial charge in [0.15, 0.2) is 0 Å². The minimum atomic E-state index is -1.08. The Balaban J connectivity index is 2.15. The highest BCUT2D eigenvalue weighted by Gasteiger charge is 2.50. The molecule has 4 N–H and O–H groups in total. The monoisotopic (exact) mass is 242 g/mol. The lowest BCUT2D eigenvalue weighted by Crippen LogP contribution is -2.57. The number of aliphatic hydroxyl groups excluding tert-OH is 1. The van der Waals surface area contributed by atoms with Gasteiger partial charge in [0.2, 0.25) is 5.91 Å². The van der Waals surface area contributed by atoms with Crippen LogP contribution < -0.4 is 5.73 Å². The normalized spacial score (nSPS) is 32.3. The molecule has 17 heavy (non-hydrogen) atoms. The van der Waals surface area contributed by atoms with Gasteiger partial charge >= 0.3 is 5.97 Å². The molecule has 0 radical (unpaired) electrons. The topological polar surface area (TPSA) is 104 Å². The third kappa shape index (κ3) is 2.14. The van der Waals surface area contributed by atoms with Crippen LogP contribution in [0.15, 0.2) is 0 Å². The predicted octanol–water partition coefficient (Wildman–Crippen LogP) is -0.840. The van der Waals surface area contributed by atoms with Gasteiger partial charge in [-0.15, -0.1) is 0 Å². The maximum Gasteiger partial charge on any atom is 0.326 e. The third-order valence-corrected chi connectivity index (χ3v) is 3.71. The van der Waals surface area contributed by atoms with Crippen molar-refractivity contribution in [2.24, 2.45) is 11.7 Å². The zero-order valence-corrected chi connectivity index (χ0v) is 9.80. The van der Waals surface area contributed by atoms with Gasteiger partial charge in [0.25, 0.3) is 0 Å². The van der Waals surface area contributed by atoms with E-state index in [9.17, 15) is 14.7 Å². The lowest BCUT2D eigenvalue weighted by atomic mass is 9.95. The molecular formula is C11H18N2O4. The van der Waals surface area contributed by atoms with Gasteiger partial charge < -0.3 is 20.8 Å². The Kier molecular flexibility index (Phi) is 2.87. The van der Waals surface area contributed by atoms with Crippen molar-refractivity contribution >= 4 is 11.9 Å². The van der Waals surface area contributed by atoms with E-state index in [1.54, 1.807) is 6.92 Å². The smallest absolute Gasteiger partial charge is 0.326 e. The summed E-state index contributed by atoms with van der Waals surface area (Å²) >= 11 is 0. The first-order valence-corrected chi connectivity index (χ1v) is 5.85. The number of carbonyl (C=O) groups is 2. The van der Waals surface area contributed by atoms with Crippen molar-refractivity contribution in [1.82, 2.24) is 4.90 Å². The highest BCUT2D eigenvalue weighted by Crippen LogP contribution is 2.39. The van der Waals surface area contributed by atoms with Gasteiger partial charge in [-0.05, 0) is 25.7 Å². The van der Waals surface area contributed by atoms with Crippen LogP contribution >= 0.6 is 0 Å². The number of hydrogen-bond donors (Lipinski definition) is 3. The number of carboxylic acid groups (broad SMARTS) is 1. The average Bonchev–Trinajstić information content (AvgIpc) is 3.01. The van der Waals surface area contributed by atoms with Crippen molar-refractivity contribution in [3.63, 3.8) is 0 Å². The van der Waals surface area contributed by atoms with Crippen LogP contribution in [0.4, 0.5) is 0 Å². The summed E-state index contributed by atoms with van der Waals surface area (Å²) in [7, 11) is 0. The summed E-state index contributed by atoms with van der Waals surface area (Å²) in [5.74, 6) is -1.30. The quantitative estimate of drug-likeness (QED) is 0.598. The van der Waals surface area contributed by atoms with Crippen molar-refractivity contribution in [1.29, 1.82) is 0 Å². The Morgan fingerprint density at radius 1 is 1.41 bits per heavy atom. The molecule has 1 heterocycles. The lowest BCUT2D eigenvalue weighted by Gasteiger charge is -2.31. The molecule has 3 atom stereocenters. The van der Waals surface area contributed by atoms with Crippen LogP contribution in [0.2, 0.25) is 0 Å². The lowest BCUT2D eigenvalue weighted by molar-refractivity contribution is -0.150. The van der Waals surface area contributed by atoms with Gasteiger partial charge in [-0.2, -0.15) is 0 Å². The second kappa shape index (κ2) is 3.96. The minimum Gasteiger partial charge on any atom is -0.480 e. The number of nitrogens with zero attached hydrogens (tertiary/aromatic N) is 1. The maximum absolute atomic E-state index is 12.2. The number of aliphatic hydroxyl groups is 1. The van der Waals surface area contributed by atoms with Crippen molar-refractivity contribution < 1.29 is 19.8 Å². The van der Waals surface area contributed by atoms with E-state index in [0.29, 0.717) is 0 Å². The Morgan fingerprint density at radius 3 is 2.47 bits per heavy atom. The molecule has 0 spiro atoms. The Hall–Kier alpha value is -1.14. The van der Waals surface area contributed by atoms with Gasteiger partial charge in [0, 0.05) is 13.0 Å². The Morgan fingerprint density at radius 2 is 2.00 bits per heavy atom. The second-order valence-electron chi connectivity index (χ2n) is 5.26. The van der Waals surface area contributed by atoms with Gasteiger partial charge in [-0.25, -0.2) is 4.79 Å². The molecule has 0 bridgehead atoms. The molecule has 0 aromatic carbocycles. The van der Waals surface area contributed by atoms with Crippen LogP contribution in [-0.4, -0.2) is 51.2 Å². The molecule has 1 saturated carbocycles. The number of β-amino-alcohol motifs (C(OH)–C–C–N with tert-alkyl or cyclic N) is 1. The molecular weight excluding hydrogens is 224 g/mol. The van der Waals surface area contributed by atoms with Crippen molar-refractivity contribution in [3.8, 4) is 0 Å². The zero-order valence-electron chi connectivity index (χ0n) is 9.80. The Labute approximate surface area is 99.4 Å². The highest BCUT2D eigenvalue weighted by molar-refractivity contribution is 5.90. The molecule has 1 saturated heterocycles. The summed E-state index contributed by atoms with van der Waals surface area (Å²) in [4.78, 5) is 24.5. The fourth-order valence-corrected chi connectivity index (χ4v) is 2.44. The first kappa shape index (κ1) is 12.3. The molecule has 1 amide bonds. The van der Waals surface area contributed by atoms with E-state index in [1.165, 1.54) is 4.90 Å². The van der Waals surface area contributed by atoms with E-state index in [0.717, 1.165) is 12.8 Å². The number of aliphatic carboxylic acids is 1. The largest absolute Gasteiger partial charge is 0.480 e. The fourth-order valence-electron chi connectivity index (χ4n) is 2.44. The van der Waals surface area contributed by atoms with Gasteiger partial charge in [-0.1, -0.05) is 0 Å². The zero-order chi connectivity index (χ0) is 12.8. The van der Waals surface area contributed by atoms with E-state index in [4.69, 9.17) is 10.8 Å². The molecule has 2 fully saturated rings. The van der Waals surface area contributed by atoms with E-state index < -0.39 is 23.7 Å². The molecule has 6 nitrogen and oxygen atoms in total. The summed E-state index contributed by atoms with van der Waals surface area (Å²) in [6.45, 7) is 1.71. The first-order valence-electron chi connectivity index (χ1n) is 5.85. The third-order valence-electron chi connectivity index (χ3n) is 3.71. The van der Waals surface area contributed by atoms with Crippen molar-refractivity contribution in [3.05, 3.63) is 0 Å². The van der Waals surface area contributed by atoms with E-state index in [1.807, 2.05) is 0 Å². The van der Waals surface area contributed by atoms with Crippen molar-refractivity contribution in [2.75, 3.05) is 6.54 Å². The number of amides is 1. The van der Waals surface area contributed by atoms with Crippen LogP contribution in [0, 0.1) is 5.92 Å². The van der Waals surface area contributed by atoms with E-state index in [-0.39, 0.29) is 24.8 Å². The summed E-state index contributed by atoms with van der Waals surface area (Å²) < 4.78 is 0. The molecule has 2 aliphatic rings. The summed E-state index contributed by atoms with van der Waals surface area (Å²) in [5, 5.41) is 18.5. The Bertz CT molecular complexity index is 351. The number of nitrogens with two attached hydrogens (primary N) is 1. The molecule has 96 valence electrons. The maximum atomic E-state index is 12.2. The van der Waals surface area contributed by atoms with Crippen LogP contribution in [0.25, 0.3) is 0 Å². The number of hydrogen-bond acceptors (Lipinski definition) is 4. The standard InChI is InChI=1S/C11H18N2O4/c1-11(12,6-2-3-6)10(17)13-5-7(14)4-8(13)9(15)16/h6-8,14H,2-5,12H2,1H3,(H,15,16). The SMILES string of the molecule is CC(N)(C(=O)N1CC(O)CC1C(=O)O)C1CC1. The van der Waals surface area contributed by atoms with Crippen LogP contribution in [0.5, 0.6) is 0 Å². The molecule has 1 aliphatic carbocycles. The number of carbonyl (C=O) groups excluding carboxylic acids is 1. The van der Waals surface area contributed by atoms with Gasteiger partial charge in [0.05, 0.1) is 11.6 Å². The van der Waals surface area contributed by atoms with Crippen molar-refractivity contribution in [2.45, 2.75) is 43.9 Å². The molecule has 0 aromatic heterocycles.